The van der Waals surface area contributed by atoms with Gasteiger partial charge in [-0.1, -0.05) is 57.2 Å². The molecule has 20 heavy (non-hydrogen) atoms. The summed E-state index contributed by atoms with van der Waals surface area (Å²) in [5, 5.41) is 0. The van der Waals surface area contributed by atoms with Crippen LogP contribution in [0.3, 0.4) is 0 Å². The van der Waals surface area contributed by atoms with Gasteiger partial charge in [0.25, 0.3) is 0 Å². The quantitative estimate of drug-likeness (QED) is 0.434. The zero-order chi connectivity index (χ0) is 14.2. The lowest BCUT2D eigenvalue weighted by Crippen LogP contribution is -2.30. The van der Waals surface area contributed by atoms with Gasteiger partial charge in [0, 0.05) is 15.4 Å². The molecule has 1 saturated heterocycles. The summed E-state index contributed by atoms with van der Waals surface area (Å²) in [4.78, 5) is 0. The van der Waals surface area contributed by atoms with Crippen molar-refractivity contribution in [3.8, 4) is 0 Å². The van der Waals surface area contributed by atoms with Crippen LogP contribution in [0.1, 0.15) is 71.6 Å². The Morgan fingerprint density at radius 3 is 2.10 bits per heavy atom. The number of ether oxygens (including phenoxy) is 1. The summed E-state index contributed by atoms with van der Waals surface area (Å²) in [7, 11) is 0.0655. The topological polar surface area (TPSA) is 9.23 Å². The highest BCUT2D eigenvalue weighted by Gasteiger charge is 2.31. The summed E-state index contributed by atoms with van der Waals surface area (Å²) in [6, 6.07) is 4.87. The first-order valence-electron chi connectivity index (χ1n) is 9.28. The molecule has 1 saturated carbocycles. The van der Waals surface area contributed by atoms with Crippen LogP contribution in [0.4, 0.5) is 0 Å². The van der Waals surface area contributed by atoms with Gasteiger partial charge in [0.05, 0.1) is 6.10 Å². The number of hydrogen-bond donors (Lipinski definition) is 0. The average Bonchev–Trinajstić information content (AvgIpc) is 2.49. The van der Waals surface area contributed by atoms with Crippen molar-refractivity contribution in [2.24, 2.45) is 11.8 Å². The molecule has 1 aliphatic carbocycles. The highest BCUT2D eigenvalue weighted by atomic mass is 28.3. The predicted octanol–water partition coefficient (Wildman–Crippen LogP) is 5.68. The molecule has 2 fully saturated rings. The number of hydrogen-bond acceptors (Lipinski definition) is 1. The highest BCUT2D eigenvalue weighted by Crippen LogP contribution is 2.40. The van der Waals surface area contributed by atoms with Gasteiger partial charge < -0.3 is 4.74 Å². The van der Waals surface area contributed by atoms with E-state index in [0.717, 1.165) is 18.4 Å². The maximum Gasteiger partial charge on any atom is 0.0575 e. The molecular weight excluding hydrogens is 260 g/mol. The van der Waals surface area contributed by atoms with Crippen molar-refractivity contribution >= 4 is 8.80 Å². The summed E-state index contributed by atoms with van der Waals surface area (Å²) >= 11 is 0. The smallest absolute Gasteiger partial charge is 0.0575 e. The Labute approximate surface area is 128 Å². The van der Waals surface area contributed by atoms with Gasteiger partial charge in [0.15, 0.2) is 0 Å². The first kappa shape index (κ1) is 16.5. The lowest BCUT2D eigenvalue weighted by atomic mass is 9.76. The van der Waals surface area contributed by atoms with Crippen molar-refractivity contribution in [3.05, 3.63) is 0 Å². The minimum atomic E-state index is 0.0655. The Morgan fingerprint density at radius 1 is 0.850 bits per heavy atom. The first-order valence-corrected chi connectivity index (χ1v) is 11.4. The van der Waals surface area contributed by atoms with Gasteiger partial charge in [0.1, 0.15) is 0 Å². The number of unbranched alkanes of at least 4 members (excludes halogenated alkanes) is 2. The van der Waals surface area contributed by atoms with Gasteiger partial charge >= 0.3 is 0 Å². The first-order chi connectivity index (χ1) is 9.83. The minimum Gasteiger partial charge on any atom is -0.379 e. The van der Waals surface area contributed by atoms with E-state index in [1.807, 2.05) is 0 Å². The van der Waals surface area contributed by atoms with E-state index in [0.29, 0.717) is 6.10 Å². The van der Waals surface area contributed by atoms with Crippen LogP contribution in [0.2, 0.25) is 18.1 Å². The molecule has 0 atom stereocenters. The monoisotopic (exact) mass is 295 g/mol. The molecule has 1 heterocycles. The Hall–Kier alpha value is 0.177. The SMILES string of the molecule is CCCCC[Si]1CCC(C2CCC(OCC)CC2)CC1. The van der Waals surface area contributed by atoms with Gasteiger partial charge in [-0.25, -0.2) is 0 Å². The van der Waals surface area contributed by atoms with E-state index in [1.54, 1.807) is 31.0 Å². The molecular formula is C18H35OSi. The van der Waals surface area contributed by atoms with Gasteiger partial charge in [-0.3, -0.25) is 0 Å². The fraction of sp³-hybridized carbons (Fsp3) is 1.00. The van der Waals surface area contributed by atoms with E-state index >= 15 is 0 Å². The van der Waals surface area contributed by atoms with Crippen molar-refractivity contribution in [2.45, 2.75) is 95.9 Å². The lowest BCUT2D eigenvalue weighted by Gasteiger charge is -2.37. The van der Waals surface area contributed by atoms with Crippen LogP contribution < -0.4 is 0 Å². The van der Waals surface area contributed by atoms with Crippen LogP contribution >= 0.6 is 0 Å². The van der Waals surface area contributed by atoms with Crippen LogP contribution in [0.15, 0.2) is 0 Å². The van der Waals surface area contributed by atoms with Crippen molar-refractivity contribution < 1.29 is 4.74 Å². The number of rotatable bonds is 7. The van der Waals surface area contributed by atoms with Crippen LogP contribution in [-0.4, -0.2) is 21.5 Å². The molecule has 0 aromatic heterocycles. The zero-order valence-corrected chi connectivity index (χ0v) is 14.8. The summed E-state index contributed by atoms with van der Waals surface area (Å²) in [6.07, 6.45) is 13.7. The van der Waals surface area contributed by atoms with E-state index in [4.69, 9.17) is 4.74 Å². The van der Waals surface area contributed by atoms with Crippen LogP contribution in [0.5, 0.6) is 0 Å². The van der Waals surface area contributed by atoms with E-state index in [9.17, 15) is 0 Å². The maximum atomic E-state index is 5.80. The Morgan fingerprint density at radius 2 is 1.50 bits per heavy atom. The molecule has 0 unspecified atom stereocenters. The van der Waals surface area contributed by atoms with E-state index in [-0.39, 0.29) is 8.80 Å². The summed E-state index contributed by atoms with van der Waals surface area (Å²) < 4.78 is 5.80. The summed E-state index contributed by atoms with van der Waals surface area (Å²) in [5.41, 5.74) is 0. The molecule has 1 aliphatic heterocycles. The third-order valence-corrected chi connectivity index (χ3v) is 8.71. The summed E-state index contributed by atoms with van der Waals surface area (Å²) in [6.45, 7) is 5.37. The minimum absolute atomic E-state index is 0.0655. The van der Waals surface area contributed by atoms with Crippen LogP contribution in [0, 0.1) is 11.8 Å². The Kier molecular flexibility index (Phi) is 7.65. The second-order valence-electron chi connectivity index (χ2n) is 7.04. The predicted molar refractivity (Wildman–Crippen MR) is 89.8 cm³/mol. The molecule has 0 bridgehead atoms. The van der Waals surface area contributed by atoms with E-state index < -0.39 is 0 Å². The largest absolute Gasteiger partial charge is 0.379 e. The van der Waals surface area contributed by atoms with Gasteiger partial charge in [-0.05, 0) is 44.4 Å². The van der Waals surface area contributed by atoms with E-state index in [1.165, 1.54) is 44.9 Å². The molecule has 0 amide bonds. The van der Waals surface area contributed by atoms with Crippen LogP contribution in [0.25, 0.3) is 0 Å². The van der Waals surface area contributed by atoms with Gasteiger partial charge in [0.2, 0.25) is 0 Å². The fourth-order valence-electron chi connectivity index (χ4n) is 4.36. The van der Waals surface area contributed by atoms with Crippen LogP contribution in [-0.2, 0) is 4.74 Å². The Bertz CT molecular complexity index is 240. The molecule has 1 nitrogen and oxygen atoms in total. The molecule has 2 rings (SSSR count). The van der Waals surface area contributed by atoms with Crippen molar-refractivity contribution in [1.29, 1.82) is 0 Å². The van der Waals surface area contributed by atoms with Crippen molar-refractivity contribution in [1.82, 2.24) is 0 Å². The maximum absolute atomic E-state index is 5.80. The van der Waals surface area contributed by atoms with Crippen molar-refractivity contribution in [2.75, 3.05) is 6.61 Å². The third kappa shape index (κ3) is 5.18. The molecule has 1 radical (unpaired) electrons. The molecule has 0 spiro atoms. The molecule has 0 aromatic rings. The van der Waals surface area contributed by atoms with E-state index in [2.05, 4.69) is 13.8 Å². The van der Waals surface area contributed by atoms with Gasteiger partial charge in [-0.15, -0.1) is 0 Å². The normalized spacial score (nSPS) is 29.7. The molecule has 0 N–H and O–H groups in total. The Balaban J connectivity index is 1.62. The molecule has 2 heteroatoms. The molecule has 0 aromatic carbocycles. The average molecular weight is 296 g/mol. The lowest BCUT2D eigenvalue weighted by molar-refractivity contribution is 0.0171. The second-order valence-corrected chi connectivity index (χ2v) is 10.0. The highest BCUT2D eigenvalue weighted by molar-refractivity contribution is 6.58. The standard InChI is InChI=1S/C18H35OSi/c1-3-5-6-13-20-14-11-17(12-15-20)16-7-9-18(10-8-16)19-4-2/h16-18H,3-15H2,1-2H3. The zero-order valence-electron chi connectivity index (χ0n) is 13.8. The third-order valence-electron chi connectivity index (χ3n) is 5.66. The molecule has 117 valence electrons. The van der Waals surface area contributed by atoms with Crippen molar-refractivity contribution in [3.63, 3.8) is 0 Å². The van der Waals surface area contributed by atoms with Gasteiger partial charge in [-0.2, -0.15) is 0 Å². The fourth-order valence-corrected chi connectivity index (χ4v) is 7.42. The second kappa shape index (κ2) is 9.25. The summed E-state index contributed by atoms with van der Waals surface area (Å²) in [5.74, 6) is 2.13. The molecule has 2 aliphatic rings.